The van der Waals surface area contributed by atoms with Gasteiger partial charge in [0.2, 0.25) is 0 Å². The Bertz CT molecular complexity index is 530. The van der Waals surface area contributed by atoms with Crippen molar-refractivity contribution in [3.05, 3.63) is 22.2 Å². The highest BCUT2D eigenvalue weighted by atomic mass is 79.9. The largest absolute Gasteiger partial charge is 0.495 e. The standard InChI is InChI=1S/C15H17BrO5/c1-19-12-7-9(8-13(20-2)14(12)16)15(18)21-11-6-4-3-5-10(11)17/h7-8,11H,3-6H2,1-2H3/t11-/m0/s1. The van der Waals surface area contributed by atoms with Crippen LogP contribution < -0.4 is 9.47 Å². The fraction of sp³-hybridized carbons (Fsp3) is 0.467. The van der Waals surface area contributed by atoms with Gasteiger partial charge in [-0.05, 0) is 47.3 Å². The molecule has 1 aromatic rings. The van der Waals surface area contributed by atoms with Crippen LogP contribution in [-0.4, -0.2) is 32.1 Å². The van der Waals surface area contributed by atoms with Crippen LogP contribution in [0.2, 0.25) is 0 Å². The molecule has 0 radical (unpaired) electrons. The van der Waals surface area contributed by atoms with E-state index in [9.17, 15) is 9.59 Å². The van der Waals surface area contributed by atoms with Crippen LogP contribution in [0.25, 0.3) is 0 Å². The fourth-order valence-corrected chi connectivity index (χ4v) is 2.81. The number of ketones is 1. The van der Waals surface area contributed by atoms with Crippen molar-refractivity contribution in [3.8, 4) is 11.5 Å². The smallest absolute Gasteiger partial charge is 0.339 e. The molecule has 0 saturated heterocycles. The summed E-state index contributed by atoms with van der Waals surface area (Å²) < 4.78 is 16.3. The number of benzene rings is 1. The number of rotatable bonds is 4. The summed E-state index contributed by atoms with van der Waals surface area (Å²) in [7, 11) is 3.00. The minimum Gasteiger partial charge on any atom is -0.495 e. The Morgan fingerprint density at radius 2 is 1.81 bits per heavy atom. The maximum atomic E-state index is 12.2. The van der Waals surface area contributed by atoms with Crippen LogP contribution >= 0.6 is 15.9 Å². The van der Waals surface area contributed by atoms with Crippen molar-refractivity contribution in [1.82, 2.24) is 0 Å². The van der Waals surface area contributed by atoms with Crippen LogP contribution in [0.4, 0.5) is 0 Å². The summed E-state index contributed by atoms with van der Waals surface area (Å²) in [5.41, 5.74) is 0.297. The zero-order valence-electron chi connectivity index (χ0n) is 12.0. The van der Waals surface area contributed by atoms with Crippen molar-refractivity contribution >= 4 is 27.7 Å². The molecule has 0 heterocycles. The van der Waals surface area contributed by atoms with Crippen LogP contribution in [0.15, 0.2) is 16.6 Å². The molecule has 0 aliphatic heterocycles. The van der Waals surface area contributed by atoms with Crippen molar-refractivity contribution in [2.24, 2.45) is 0 Å². The number of hydrogen-bond acceptors (Lipinski definition) is 5. The number of carbonyl (C=O) groups is 2. The normalized spacial score (nSPS) is 18.2. The minimum atomic E-state index is -0.633. The van der Waals surface area contributed by atoms with E-state index in [0.717, 1.165) is 12.8 Å². The zero-order chi connectivity index (χ0) is 15.4. The summed E-state index contributed by atoms with van der Waals surface area (Å²) in [6.45, 7) is 0. The quantitative estimate of drug-likeness (QED) is 0.775. The summed E-state index contributed by atoms with van der Waals surface area (Å²) in [5, 5.41) is 0. The lowest BCUT2D eigenvalue weighted by atomic mass is 9.96. The van der Waals surface area contributed by atoms with Gasteiger partial charge in [0.25, 0.3) is 0 Å². The van der Waals surface area contributed by atoms with Crippen molar-refractivity contribution < 1.29 is 23.8 Å². The molecule has 1 aromatic carbocycles. The summed E-state index contributed by atoms with van der Waals surface area (Å²) in [6, 6.07) is 3.12. The molecular formula is C15H17BrO5. The fourth-order valence-electron chi connectivity index (χ4n) is 2.26. The Labute approximate surface area is 131 Å². The number of carbonyl (C=O) groups excluding carboxylic acids is 2. The van der Waals surface area contributed by atoms with E-state index >= 15 is 0 Å². The molecule has 5 nitrogen and oxygen atoms in total. The highest BCUT2D eigenvalue weighted by molar-refractivity contribution is 9.10. The molecule has 0 amide bonds. The molecule has 6 heteroatoms. The molecule has 1 aliphatic rings. The molecule has 0 unspecified atom stereocenters. The molecular weight excluding hydrogens is 340 g/mol. The van der Waals surface area contributed by atoms with E-state index in [1.807, 2.05) is 0 Å². The first kappa shape index (κ1) is 15.8. The number of halogens is 1. The van der Waals surface area contributed by atoms with E-state index < -0.39 is 12.1 Å². The maximum Gasteiger partial charge on any atom is 0.339 e. The Morgan fingerprint density at radius 3 is 2.33 bits per heavy atom. The van der Waals surface area contributed by atoms with Crippen LogP contribution in [0.3, 0.4) is 0 Å². The first-order valence-electron chi connectivity index (χ1n) is 6.72. The van der Waals surface area contributed by atoms with Gasteiger partial charge in [-0.2, -0.15) is 0 Å². The van der Waals surface area contributed by atoms with Gasteiger partial charge in [0, 0.05) is 6.42 Å². The van der Waals surface area contributed by atoms with E-state index in [4.69, 9.17) is 14.2 Å². The predicted molar refractivity (Wildman–Crippen MR) is 79.9 cm³/mol. The van der Waals surface area contributed by atoms with Gasteiger partial charge in [0.05, 0.1) is 19.8 Å². The van der Waals surface area contributed by atoms with Gasteiger partial charge < -0.3 is 14.2 Å². The molecule has 1 fully saturated rings. The number of methoxy groups -OCH3 is 2. The second kappa shape index (κ2) is 6.93. The van der Waals surface area contributed by atoms with Gasteiger partial charge in [0.1, 0.15) is 16.0 Å². The second-order valence-electron chi connectivity index (χ2n) is 4.80. The lowest BCUT2D eigenvalue weighted by Gasteiger charge is -2.21. The molecule has 1 aliphatic carbocycles. The van der Waals surface area contributed by atoms with E-state index in [2.05, 4.69) is 15.9 Å². The van der Waals surface area contributed by atoms with Crippen molar-refractivity contribution in [2.75, 3.05) is 14.2 Å². The third kappa shape index (κ3) is 3.56. The van der Waals surface area contributed by atoms with Crippen LogP contribution in [-0.2, 0) is 9.53 Å². The summed E-state index contributed by atoms with van der Waals surface area (Å²) in [4.78, 5) is 23.9. The van der Waals surface area contributed by atoms with E-state index in [1.165, 1.54) is 14.2 Å². The minimum absolute atomic E-state index is 0.00867. The highest BCUT2D eigenvalue weighted by Gasteiger charge is 2.27. The van der Waals surface area contributed by atoms with Crippen molar-refractivity contribution in [1.29, 1.82) is 0 Å². The molecule has 0 aromatic heterocycles. The van der Waals surface area contributed by atoms with E-state index in [0.29, 0.717) is 34.4 Å². The highest BCUT2D eigenvalue weighted by Crippen LogP contribution is 2.36. The van der Waals surface area contributed by atoms with Crippen LogP contribution in [0.5, 0.6) is 11.5 Å². The van der Waals surface area contributed by atoms with E-state index in [-0.39, 0.29) is 5.78 Å². The van der Waals surface area contributed by atoms with Gasteiger partial charge in [-0.3, -0.25) is 4.79 Å². The predicted octanol–water partition coefficient (Wildman–Crippen LogP) is 3.13. The maximum absolute atomic E-state index is 12.2. The summed E-state index contributed by atoms with van der Waals surface area (Å²) in [6.07, 6.45) is 2.20. The average Bonchev–Trinajstić information content (AvgIpc) is 2.49. The Kier molecular flexibility index (Phi) is 5.22. The number of Topliss-reactive ketones (excluding diaryl/α,β-unsaturated/α-hetero) is 1. The Hall–Kier alpha value is -1.56. The van der Waals surface area contributed by atoms with Crippen molar-refractivity contribution in [2.45, 2.75) is 31.8 Å². The molecule has 2 rings (SSSR count). The van der Waals surface area contributed by atoms with Crippen LogP contribution in [0.1, 0.15) is 36.0 Å². The van der Waals surface area contributed by atoms with Gasteiger partial charge in [-0.25, -0.2) is 4.79 Å². The number of ether oxygens (including phenoxy) is 3. The Morgan fingerprint density at radius 1 is 1.19 bits per heavy atom. The molecule has 0 spiro atoms. The average molecular weight is 357 g/mol. The lowest BCUT2D eigenvalue weighted by molar-refractivity contribution is -0.129. The van der Waals surface area contributed by atoms with Crippen LogP contribution in [0, 0.1) is 0 Å². The third-order valence-electron chi connectivity index (χ3n) is 3.43. The molecule has 0 N–H and O–H groups in total. The summed E-state index contributed by atoms with van der Waals surface area (Å²) >= 11 is 3.34. The third-order valence-corrected chi connectivity index (χ3v) is 4.21. The van der Waals surface area contributed by atoms with Crippen molar-refractivity contribution in [3.63, 3.8) is 0 Å². The molecule has 1 saturated carbocycles. The SMILES string of the molecule is COc1cc(C(=O)O[C@H]2CCCCC2=O)cc(OC)c1Br. The topological polar surface area (TPSA) is 61.8 Å². The zero-order valence-corrected chi connectivity index (χ0v) is 13.6. The first-order chi connectivity index (χ1) is 10.1. The Balaban J connectivity index is 2.20. The molecule has 21 heavy (non-hydrogen) atoms. The van der Waals surface area contributed by atoms with Gasteiger partial charge in [-0.1, -0.05) is 0 Å². The van der Waals surface area contributed by atoms with E-state index in [1.54, 1.807) is 12.1 Å². The lowest BCUT2D eigenvalue weighted by Crippen LogP contribution is -2.30. The molecule has 114 valence electrons. The summed E-state index contributed by atoms with van der Waals surface area (Å²) in [5.74, 6) is 0.387. The van der Waals surface area contributed by atoms with Gasteiger partial charge >= 0.3 is 5.97 Å². The van der Waals surface area contributed by atoms with Gasteiger partial charge in [0.15, 0.2) is 11.9 Å². The molecule has 0 bridgehead atoms. The number of hydrogen-bond donors (Lipinski definition) is 0. The first-order valence-corrected chi connectivity index (χ1v) is 7.51. The second-order valence-corrected chi connectivity index (χ2v) is 5.59. The van der Waals surface area contributed by atoms with Gasteiger partial charge in [-0.15, -0.1) is 0 Å². The molecule has 1 atom stereocenters. The monoisotopic (exact) mass is 356 g/mol. The number of esters is 1.